The second-order valence-electron chi connectivity index (χ2n) is 5.28. The van der Waals surface area contributed by atoms with Gasteiger partial charge in [0.15, 0.2) is 0 Å². The molecule has 0 spiro atoms. The second kappa shape index (κ2) is 7.44. The van der Waals surface area contributed by atoms with Crippen molar-refractivity contribution < 1.29 is 9.59 Å². The summed E-state index contributed by atoms with van der Waals surface area (Å²) in [5, 5.41) is 14.4. The summed E-state index contributed by atoms with van der Waals surface area (Å²) in [6, 6.07) is 9.39. The minimum Gasteiger partial charge on any atom is -0.356 e. The average molecular weight is 285 g/mol. The van der Waals surface area contributed by atoms with Crippen LogP contribution in [-0.2, 0) is 16.0 Å². The molecule has 0 aromatic heterocycles. The third kappa shape index (κ3) is 5.65. The smallest absolute Gasteiger partial charge is 0.224 e. The lowest BCUT2D eigenvalue weighted by Gasteiger charge is -2.06. The van der Waals surface area contributed by atoms with Crippen LogP contribution in [0.5, 0.6) is 0 Å². The summed E-state index contributed by atoms with van der Waals surface area (Å²) in [7, 11) is 0. The fraction of sp³-hybridized carbons (Fsp3) is 0.438. The molecule has 0 heterocycles. The number of rotatable bonds is 7. The summed E-state index contributed by atoms with van der Waals surface area (Å²) in [5.41, 5.74) is 1.46. The fourth-order valence-electron chi connectivity index (χ4n) is 1.95. The minimum absolute atomic E-state index is 0.0673. The number of hydrogen-bond acceptors (Lipinski definition) is 3. The molecule has 5 nitrogen and oxygen atoms in total. The number of nitrogens with one attached hydrogen (secondary N) is 2. The number of carbonyl (C=O) groups excluding carboxylic acids is 2. The van der Waals surface area contributed by atoms with Crippen LogP contribution >= 0.6 is 0 Å². The number of amides is 2. The number of nitrogens with zero attached hydrogens (tertiary/aromatic N) is 1. The van der Waals surface area contributed by atoms with Crippen molar-refractivity contribution in [2.75, 3.05) is 6.54 Å². The van der Waals surface area contributed by atoms with E-state index in [2.05, 4.69) is 10.6 Å². The minimum atomic E-state index is -0.0673. The van der Waals surface area contributed by atoms with Crippen LogP contribution in [0.4, 0.5) is 0 Å². The monoisotopic (exact) mass is 285 g/mol. The number of nitriles is 1. The van der Waals surface area contributed by atoms with Gasteiger partial charge in [0.1, 0.15) is 0 Å². The van der Waals surface area contributed by atoms with Gasteiger partial charge in [-0.1, -0.05) is 12.1 Å². The predicted molar refractivity (Wildman–Crippen MR) is 78.3 cm³/mol. The molecule has 5 heteroatoms. The molecule has 110 valence electrons. The summed E-state index contributed by atoms with van der Waals surface area (Å²) >= 11 is 0. The Bertz CT molecular complexity index is 542. The van der Waals surface area contributed by atoms with Crippen molar-refractivity contribution in [1.82, 2.24) is 10.6 Å². The summed E-state index contributed by atoms with van der Waals surface area (Å²) in [6.45, 7) is 0.507. The molecule has 2 rings (SSSR count). The van der Waals surface area contributed by atoms with Crippen molar-refractivity contribution in [2.24, 2.45) is 0 Å². The average Bonchev–Trinajstić information content (AvgIpc) is 3.28. The summed E-state index contributed by atoms with van der Waals surface area (Å²) in [5.74, 6) is 0.00106. The molecule has 0 radical (unpaired) electrons. The summed E-state index contributed by atoms with van der Waals surface area (Å²) in [4.78, 5) is 23.2. The van der Waals surface area contributed by atoms with Gasteiger partial charge in [-0.3, -0.25) is 9.59 Å². The Hall–Kier alpha value is -2.35. The summed E-state index contributed by atoms with van der Waals surface area (Å²) < 4.78 is 0. The molecule has 2 amide bonds. The molecule has 1 aliphatic rings. The van der Waals surface area contributed by atoms with E-state index in [0.29, 0.717) is 37.4 Å². The highest BCUT2D eigenvalue weighted by atomic mass is 16.2. The van der Waals surface area contributed by atoms with Gasteiger partial charge in [0, 0.05) is 19.0 Å². The molecule has 1 fully saturated rings. The molecule has 1 aliphatic carbocycles. The highest BCUT2D eigenvalue weighted by Crippen LogP contribution is 2.18. The molecule has 0 aliphatic heterocycles. The maximum atomic E-state index is 11.7. The van der Waals surface area contributed by atoms with Crippen LogP contribution in [0.25, 0.3) is 0 Å². The van der Waals surface area contributed by atoms with Crippen LogP contribution in [0, 0.1) is 11.3 Å². The van der Waals surface area contributed by atoms with Gasteiger partial charge < -0.3 is 10.6 Å². The molecule has 2 N–H and O–H groups in total. The van der Waals surface area contributed by atoms with E-state index in [1.807, 2.05) is 6.07 Å². The van der Waals surface area contributed by atoms with E-state index >= 15 is 0 Å². The normalized spacial score (nSPS) is 13.3. The van der Waals surface area contributed by atoms with E-state index < -0.39 is 0 Å². The van der Waals surface area contributed by atoms with Crippen LogP contribution in [-0.4, -0.2) is 24.4 Å². The molecular weight excluding hydrogens is 266 g/mol. The lowest BCUT2D eigenvalue weighted by molar-refractivity contribution is -0.122. The van der Waals surface area contributed by atoms with Crippen LogP contribution in [0.15, 0.2) is 24.3 Å². The Morgan fingerprint density at radius 2 is 1.90 bits per heavy atom. The molecule has 1 aromatic carbocycles. The van der Waals surface area contributed by atoms with E-state index in [1.165, 1.54) is 0 Å². The number of hydrogen-bond donors (Lipinski definition) is 2. The first-order valence-electron chi connectivity index (χ1n) is 7.22. The van der Waals surface area contributed by atoms with Gasteiger partial charge in [-0.25, -0.2) is 0 Å². The molecule has 21 heavy (non-hydrogen) atoms. The Kier molecular flexibility index (Phi) is 5.33. The molecule has 0 atom stereocenters. The standard InChI is InChI=1S/C16H19N3O2/c17-11-13-5-3-12(4-6-13)10-16(21)18-9-1-2-15(20)19-14-7-8-14/h3-6,14H,1-2,7-10H2,(H,18,21)(H,19,20). The van der Waals surface area contributed by atoms with E-state index in [-0.39, 0.29) is 11.8 Å². The Labute approximate surface area is 124 Å². The molecule has 0 unspecified atom stereocenters. The van der Waals surface area contributed by atoms with E-state index in [1.54, 1.807) is 24.3 Å². The van der Waals surface area contributed by atoms with Crippen LogP contribution in [0.1, 0.15) is 36.8 Å². The van der Waals surface area contributed by atoms with Crippen LogP contribution in [0.3, 0.4) is 0 Å². The van der Waals surface area contributed by atoms with E-state index in [4.69, 9.17) is 5.26 Å². The zero-order valence-electron chi connectivity index (χ0n) is 11.9. The Morgan fingerprint density at radius 3 is 2.52 bits per heavy atom. The maximum Gasteiger partial charge on any atom is 0.224 e. The van der Waals surface area contributed by atoms with Crippen LogP contribution in [0.2, 0.25) is 0 Å². The third-order valence-electron chi connectivity index (χ3n) is 3.29. The topological polar surface area (TPSA) is 82.0 Å². The van der Waals surface area contributed by atoms with Crippen molar-refractivity contribution in [2.45, 2.75) is 38.1 Å². The van der Waals surface area contributed by atoms with Crippen LogP contribution < -0.4 is 10.6 Å². The van der Waals surface area contributed by atoms with Gasteiger partial charge in [0.25, 0.3) is 0 Å². The summed E-state index contributed by atoms with van der Waals surface area (Å²) in [6.07, 6.45) is 3.57. The third-order valence-corrected chi connectivity index (χ3v) is 3.29. The van der Waals surface area contributed by atoms with Gasteiger partial charge in [0.05, 0.1) is 18.1 Å². The first-order chi connectivity index (χ1) is 10.2. The SMILES string of the molecule is N#Cc1ccc(CC(=O)NCCCC(=O)NC2CC2)cc1. The molecular formula is C16H19N3O2. The van der Waals surface area contributed by atoms with Gasteiger partial charge in [-0.05, 0) is 37.0 Å². The largest absolute Gasteiger partial charge is 0.356 e. The van der Waals surface area contributed by atoms with E-state index in [0.717, 1.165) is 18.4 Å². The first kappa shape index (κ1) is 15.0. The number of carbonyl (C=O) groups is 2. The van der Waals surface area contributed by atoms with Gasteiger partial charge >= 0.3 is 0 Å². The van der Waals surface area contributed by atoms with Crippen molar-refractivity contribution in [3.8, 4) is 6.07 Å². The van der Waals surface area contributed by atoms with Crippen molar-refractivity contribution in [3.63, 3.8) is 0 Å². The lowest BCUT2D eigenvalue weighted by Crippen LogP contribution is -2.29. The van der Waals surface area contributed by atoms with Crippen molar-refractivity contribution in [3.05, 3.63) is 35.4 Å². The molecule has 1 saturated carbocycles. The van der Waals surface area contributed by atoms with Gasteiger partial charge in [-0.2, -0.15) is 5.26 Å². The van der Waals surface area contributed by atoms with Gasteiger partial charge in [-0.15, -0.1) is 0 Å². The highest BCUT2D eigenvalue weighted by Gasteiger charge is 2.22. The molecule has 1 aromatic rings. The molecule has 0 saturated heterocycles. The second-order valence-corrected chi connectivity index (χ2v) is 5.28. The highest BCUT2D eigenvalue weighted by molar-refractivity contribution is 5.79. The van der Waals surface area contributed by atoms with E-state index in [9.17, 15) is 9.59 Å². The van der Waals surface area contributed by atoms with Gasteiger partial charge in [0.2, 0.25) is 11.8 Å². The maximum absolute atomic E-state index is 11.7. The van der Waals surface area contributed by atoms with Crippen molar-refractivity contribution in [1.29, 1.82) is 5.26 Å². The quantitative estimate of drug-likeness (QED) is 0.740. The first-order valence-corrected chi connectivity index (χ1v) is 7.22. The fourth-order valence-corrected chi connectivity index (χ4v) is 1.95. The van der Waals surface area contributed by atoms with Crippen molar-refractivity contribution >= 4 is 11.8 Å². The Morgan fingerprint density at radius 1 is 1.19 bits per heavy atom. The predicted octanol–water partition coefficient (Wildman–Crippen LogP) is 1.28. The molecule has 0 bridgehead atoms. The number of benzene rings is 1. The zero-order valence-corrected chi connectivity index (χ0v) is 11.9. The lowest BCUT2D eigenvalue weighted by atomic mass is 10.1. The zero-order chi connectivity index (χ0) is 15.1. The Balaban J connectivity index is 1.60.